The van der Waals surface area contributed by atoms with Crippen LogP contribution in [0.5, 0.6) is 0 Å². The lowest BCUT2D eigenvalue weighted by molar-refractivity contribution is 1.18. The molecule has 4 heterocycles. The lowest BCUT2D eigenvalue weighted by Gasteiger charge is -2.18. The van der Waals surface area contributed by atoms with Gasteiger partial charge in [0.2, 0.25) is 0 Å². The molecule has 0 atom stereocenters. The largest absolute Gasteiger partial charge is 0.256 e. The second-order valence-corrected chi connectivity index (χ2v) is 14.1. The molecule has 11 aromatic rings. The molecule has 5 heteroatoms. The van der Waals surface area contributed by atoms with Crippen molar-refractivity contribution in [3.8, 4) is 56.3 Å². The van der Waals surface area contributed by atoms with Crippen molar-refractivity contribution in [1.29, 1.82) is 0 Å². The molecule has 0 fully saturated rings. The van der Waals surface area contributed by atoms with E-state index in [-0.39, 0.29) is 0 Å². The molecule has 0 aliphatic carbocycles. The maximum absolute atomic E-state index is 5.24. The fourth-order valence-corrected chi connectivity index (χ4v) is 8.36. The normalized spacial score (nSPS) is 11.6. The van der Waals surface area contributed by atoms with E-state index in [0.29, 0.717) is 5.82 Å². The smallest absolute Gasteiger partial charge is 0.160 e. The van der Waals surface area contributed by atoms with Crippen molar-refractivity contribution in [3.63, 3.8) is 0 Å². The van der Waals surface area contributed by atoms with Gasteiger partial charge in [0.25, 0.3) is 0 Å². The van der Waals surface area contributed by atoms with Gasteiger partial charge in [0.15, 0.2) is 5.82 Å². The summed E-state index contributed by atoms with van der Waals surface area (Å²) < 4.78 is 0. The van der Waals surface area contributed by atoms with Crippen LogP contribution in [0.2, 0.25) is 0 Å². The standard InChI is InChI=1S/C51H31N5/c1-2-12-38-36(10-1)37-11-3-4-13-39(37)43-28-32(16-20-40(38)43)35-19-23-48(56-31-35)49-41-21-17-34(47-15-6-8-25-53-47)30-45(41)50(51-54-26-9-27-55-51)42-22-18-33(29-44(42)49)46-14-5-7-24-52-46/h1-31H. The summed E-state index contributed by atoms with van der Waals surface area (Å²) in [5, 5.41) is 11.7. The van der Waals surface area contributed by atoms with Crippen LogP contribution >= 0.6 is 0 Å². The predicted octanol–water partition coefficient (Wildman–Crippen LogP) is 12.8. The Balaban J connectivity index is 1.14. The van der Waals surface area contributed by atoms with Gasteiger partial charge in [-0.05, 0) is 114 Å². The van der Waals surface area contributed by atoms with Crippen LogP contribution in [-0.4, -0.2) is 24.9 Å². The van der Waals surface area contributed by atoms with E-state index in [1.807, 2.05) is 61.1 Å². The van der Waals surface area contributed by atoms with Crippen molar-refractivity contribution in [2.75, 3.05) is 0 Å². The number of nitrogens with zero attached hydrogens (tertiary/aromatic N) is 5. The highest BCUT2D eigenvalue weighted by Gasteiger charge is 2.21. The van der Waals surface area contributed by atoms with Crippen LogP contribution < -0.4 is 0 Å². The molecule has 260 valence electrons. The SMILES string of the molecule is c1ccc(-c2ccc3c(-c4ncccn4)c4cc(-c5ccccn5)ccc4c(-c4ccc(-c5ccc6c7ccccc7c7ccccc7c6c5)cn4)c3c2)nc1. The van der Waals surface area contributed by atoms with Crippen LogP contribution in [0.3, 0.4) is 0 Å². The molecule has 5 nitrogen and oxygen atoms in total. The first-order valence-electron chi connectivity index (χ1n) is 18.7. The zero-order chi connectivity index (χ0) is 37.0. The Hall–Kier alpha value is -7.63. The maximum atomic E-state index is 5.24. The Morgan fingerprint density at radius 3 is 1.29 bits per heavy atom. The number of rotatable bonds is 5. The molecule has 0 unspecified atom stereocenters. The van der Waals surface area contributed by atoms with E-state index in [1.165, 1.54) is 32.3 Å². The van der Waals surface area contributed by atoms with E-state index in [1.54, 1.807) is 12.4 Å². The number of pyridine rings is 3. The zero-order valence-corrected chi connectivity index (χ0v) is 30.1. The molecule has 0 aliphatic rings. The third kappa shape index (κ3) is 5.21. The zero-order valence-electron chi connectivity index (χ0n) is 30.1. The Bertz CT molecular complexity index is 3240. The number of fused-ring (bicyclic) bond motifs is 8. The number of aromatic nitrogens is 5. The molecule has 7 aromatic carbocycles. The summed E-state index contributed by atoms with van der Waals surface area (Å²) in [5.74, 6) is 0.665. The molecule has 0 spiro atoms. The topological polar surface area (TPSA) is 64.5 Å². The summed E-state index contributed by atoms with van der Waals surface area (Å²) in [7, 11) is 0. The second-order valence-electron chi connectivity index (χ2n) is 14.1. The van der Waals surface area contributed by atoms with E-state index >= 15 is 0 Å². The number of benzene rings is 7. The quantitative estimate of drug-likeness (QED) is 0.131. The Morgan fingerprint density at radius 2 is 0.714 bits per heavy atom. The van der Waals surface area contributed by atoms with Gasteiger partial charge in [-0.3, -0.25) is 15.0 Å². The van der Waals surface area contributed by atoms with Gasteiger partial charge in [0.05, 0.1) is 17.1 Å². The van der Waals surface area contributed by atoms with Crippen LogP contribution in [0.4, 0.5) is 0 Å². The average molecular weight is 714 g/mol. The monoisotopic (exact) mass is 713 g/mol. The van der Waals surface area contributed by atoms with Crippen LogP contribution in [0, 0.1) is 0 Å². The fourth-order valence-electron chi connectivity index (χ4n) is 8.36. The van der Waals surface area contributed by atoms with Gasteiger partial charge in [-0.2, -0.15) is 0 Å². The van der Waals surface area contributed by atoms with Gasteiger partial charge in [-0.25, -0.2) is 9.97 Å². The van der Waals surface area contributed by atoms with Gasteiger partial charge < -0.3 is 0 Å². The summed E-state index contributed by atoms with van der Waals surface area (Å²) in [5.41, 5.74) is 8.93. The lowest BCUT2D eigenvalue weighted by Crippen LogP contribution is -1.96. The van der Waals surface area contributed by atoms with E-state index in [9.17, 15) is 0 Å². The molecule has 4 aromatic heterocycles. The third-order valence-electron chi connectivity index (χ3n) is 10.9. The van der Waals surface area contributed by atoms with Crippen molar-refractivity contribution < 1.29 is 0 Å². The van der Waals surface area contributed by atoms with Gasteiger partial charge in [-0.1, -0.05) is 103 Å². The van der Waals surface area contributed by atoms with E-state index < -0.39 is 0 Å². The first kappa shape index (κ1) is 31.9. The molecule has 0 radical (unpaired) electrons. The van der Waals surface area contributed by atoms with Crippen molar-refractivity contribution in [1.82, 2.24) is 24.9 Å². The fraction of sp³-hybridized carbons (Fsp3) is 0. The summed E-state index contributed by atoms with van der Waals surface area (Å²) in [6.45, 7) is 0. The van der Waals surface area contributed by atoms with Gasteiger partial charge in [-0.15, -0.1) is 0 Å². The molecule has 56 heavy (non-hydrogen) atoms. The van der Waals surface area contributed by atoms with Crippen LogP contribution in [0.25, 0.3) is 110 Å². The van der Waals surface area contributed by atoms with Crippen molar-refractivity contribution in [3.05, 3.63) is 189 Å². The van der Waals surface area contributed by atoms with Crippen LogP contribution in [0.15, 0.2) is 189 Å². The van der Waals surface area contributed by atoms with Gasteiger partial charge >= 0.3 is 0 Å². The first-order chi connectivity index (χ1) is 27.8. The molecule has 0 amide bonds. The highest BCUT2D eigenvalue weighted by atomic mass is 14.9. The third-order valence-corrected chi connectivity index (χ3v) is 10.9. The predicted molar refractivity (Wildman–Crippen MR) is 230 cm³/mol. The molecular formula is C51H31N5. The molecule has 0 bridgehead atoms. The summed E-state index contributed by atoms with van der Waals surface area (Å²) >= 11 is 0. The van der Waals surface area contributed by atoms with Crippen LogP contribution in [0.1, 0.15) is 0 Å². The Labute approximate surface area is 322 Å². The van der Waals surface area contributed by atoms with Crippen molar-refractivity contribution in [2.24, 2.45) is 0 Å². The summed E-state index contributed by atoms with van der Waals surface area (Å²) in [4.78, 5) is 24.2. The molecule has 0 saturated heterocycles. The van der Waals surface area contributed by atoms with E-state index in [0.717, 1.165) is 72.0 Å². The Kier molecular flexibility index (Phi) is 7.42. The minimum Gasteiger partial charge on any atom is -0.256 e. The minimum absolute atomic E-state index is 0.665. The molecule has 11 rings (SSSR count). The maximum Gasteiger partial charge on any atom is 0.160 e. The van der Waals surface area contributed by atoms with E-state index in [2.05, 4.69) is 120 Å². The number of hydrogen-bond donors (Lipinski definition) is 0. The second kappa shape index (κ2) is 13.0. The highest BCUT2D eigenvalue weighted by Crippen LogP contribution is 2.45. The Morgan fingerprint density at radius 1 is 0.250 bits per heavy atom. The van der Waals surface area contributed by atoms with E-state index in [4.69, 9.17) is 19.9 Å². The molecular weight excluding hydrogens is 683 g/mol. The van der Waals surface area contributed by atoms with Crippen molar-refractivity contribution >= 4 is 53.9 Å². The van der Waals surface area contributed by atoms with Crippen molar-refractivity contribution in [2.45, 2.75) is 0 Å². The van der Waals surface area contributed by atoms with Crippen LogP contribution in [-0.2, 0) is 0 Å². The first-order valence-corrected chi connectivity index (χ1v) is 18.7. The minimum atomic E-state index is 0.665. The summed E-state index contributed by atoms with van der Waals surface area (Å²) in [6, 6.07) is 55.5. The van der Waals surface area contributed by atoms with Gasteiger partial charge in [0, 0.05) is 58.8 Å². The molecule has 0 saturated carbocycles. The highest BCUT2D eigenvalue weighted by molar-refractivity contribution is 6.26. The van der Waals surface area contributed by atoms with Gasteiger partial charge in [0.1, 0.15) is 0 Å². The summed E-state index contributed by atoms with van der Waals surface area (Å²) in [6.07, 6.45) is 9.28. The average Bonchev–Trinajstić information content (AvgIpc) is 3.28. The lowest BCUT2D eigenvalue weighted by atomic mass is 9.87. The molecule has 0 N–H and O–H groups in total. The molecule has 0 aliphatic heterocycles. The number of hydrogen-bond acceptors (Lipinski definition) is 5.